The van der Waals surface area contributed by atoms with Crippen molar-refractivity contribution in [1.82, 2.24) is 10.6 Å². The lowest BCUT2D eigenvalue weighted by molar-refractivity contribution is -0.129. The van der Waals surface area contributed by atoms with E-state index in [4.69, 9.17) is 0 Å². The van der Waals surface area contributed by atoms with Crippen LogP contribution >= 0.6 is 0 Å². The predicted molar refractivity (Wildman–Crippen MR) is 140 cm³/mol. The Morgan fingerprint density at radius 3 is 1.15 bits per heavy atom. The third-order valence-electron chi connectivity index (χ3n) is 6.79. The Hall–Kier alpha value is -2.62. The first-order chi connectivity index (χ1) is 15.8. The molecule has 0 radical (unpaired) electrons. The van der Waals surface area contributed by atoms with Gasteiger partial charge in [0.15, 0.2) is 0 Å². The molecule has 0 aromatic heterocycles. The second-order valence-corrected chi connectivity index (χ2v) is 12.1. The van der Waals surface area contributed by atoms with Gasteiger partial charge in [-0.05, 0) is 48.9 Å². The molecule has 2 aromatic carbocycles. The lowest BCUT2D eigenvalue weighted by Gasteiger charge is -2.37. The van der Waals surface area contributed by atoms with E-state index >= 15 is 0 Å². The molecule has 2 N–H and O–H groups in total. The van der Waals surface area contributed by atoms with Crippen molar-refractivity contribution in [2.24, 2.45) is 10.8 Å². The molecule has 1 aliphatic carbocycles. The number of carbonyl (C=O) groups excluding carboxylic acids is 2. The van der Waals surface area contributed by atoms with Crippen LogP contribution in [0.15, 0.2) is 48.5 Å². The molecule has 0 aliphatic heterocycles. The molecule has 4 heteroatoms. The molecule has 0 saturated carbocycles. The summed E-state index contributed by atoms with van der Waals surface area (Å²) in [6, 6.07) is 17.5. The van der Waals surface area contributed by atoms with Crippen molar-refractivity contribution < 1.29 is 9.59 Å². The number of carbonyl (C=O) groups is 2. The maximum Gasteiger partial charge on any atom is 0.225 e. The number of hydrogen-bond donors (Lipinski definition) is 2. The van der Waals surface area contributed by atoms with Gasteiger partial charge in [0, 0.05) is 34.7 Å². The molecule has 2 atom stereocenters. The Bertz CT molecular complexity index is 899. The average Bonchev–Trinajstić information content (AvgIpc) is 2.74. The zero-order valence-corrected chi connectivity index (χ0v) is 22.2. The van der Waals surface area contributed by atoms with Crippen molar-refractivity contribution in [2.45, 2.75) is 92.2 Å². The van der Waals surface area contributed by atoms with Gasteiger partial charge < -0.3 is 10.6 Å². The molecule has 0 heterocycles. The first-order valence-electron chi connectivity index (χ1n) is 12.6. The third kappa shape index (κ3) is 5.89. The molecule has 3 rings (SSSR count). The van der Waals surface area contributed by atoms with E-state index in [2.05, 4.69) is 73.0 Å². The fourth-order valence-electron chi connectivity index (χ4n) is 4.84. The first-order valence-corrected chi connectivity index (χ1v) is 12.6. The largest absolute Gasteiger partial charge is 0.353 e. The van der Waals surface area contributed by atoms with Crippen LogP contribution in [0.25, 0.3) is 0 Å². The lowest BCUT2D eigenvalue weighted by atomic mass is 9.69. The van der Waals surface area contributed by atoms with Crippen molar-refractivity contribution in [3.63, 3.8) is 0 Å². The average molecular weight is 463 g/mol. The smallest absolute Gasteiger partial charge is 0.225 e. The minimum absolute atomic E-state index is 0.0550. The number of hydrogen-bond acceptors (Lipinski definition) is 2. The van der Waals surface area contributed by atoms with Gasteiger partial charge in [-0.2, -0.15) is 0 Å². The van der Waals surface area contributed by atoms with Crippen LogP contribution in [-0.2, 0) is 9.59 Å². The van der Waals surface area contributed by atoms with Crippen LogP contribution in [0, 0.1) is 10.8 Å². The van der Waals surface area contributed by atoms with E-state index < -0.39 is 10.8 Å². The Morgan fingerprint density at radius 1 is 0.647 bits per heavy atom. The minimum Gasteiger partial charge on any atom is -0.353 e. The highest BCUT2D eigenvalue weighted by Crippen LogP contribution is 2.46. The Kier molecular flexibility index (Phi) is 7.59. The van der Waals surface area contributed by atoms with Gasteiger partial charge in [-0.1, -0.05) is 90.1 Å². The lowest BCUT2D eigenvalue weighted by Crippen LogP contribution is -2.42. The number of amides is 2. The molecule has 2 unspecified atom stereocenters. The maximum absolute atomic E-state index is 12.6. The summed E-state index contributed by atoms with van der Waals surface area (Å²) in [5, 5.41) is 6.44. The monoisotopic (exact) mass is 462 g/mol. The molecule has 184 valence electrons. The van der Waals surface area contributed by atoms with Gasteiger partial charge in [-0.15, -0.1) is 0 Å². The van der Waals surface area contributed by atoms with Crippen molar-refractivity contribution in [2.75, 3.05) is 0 Å². The zero-order valence-electron chi connectivity index (χ0n) is 22.2. The summed E-state index contributed by atoms with van der Waals surface area (Å²) in [6.07, 6.45) is 1.69. The highest BCUT2D eigenvalue weighted by Gasteiger charge is 2.34. The first kappa shape index (κ1) is 26.0. The van der Waals surface area contributed by atoms with Gasteiger partial charge in [0.25, 0.3) is 0 Å². The maximum atomic E-state index is 12.6. The summed E-state index contributed by atoms with van der Waals surface area (Å²) >= 11 is 0. The molecular weight excluding hydrogens is 420 g/mol. The fraction of sp³-hybridized carbons (Fsp3) is 0.533. The van der Waals surface area contributed by atoms with E-state index in [1.54, 1.807) is 0 Å². The van der Waals surface area contributed by atoms with E-state index in [-0.39, 0.29) is 35.7 Å². The Balaban J connectivity index is 1.90. The number of rotatable bonds is 6. The molecule has 4 nitrogen and oxygen atoms in total. The third-order valence-corrected chi connectivity index (χ3v) is 6.79. The predicted octanol–water partition coefficient (Wildman–Crippen LogP) is 6.15. The van der Waals surface area contributed by atoms with E-state index in [1.807, 2.05) is 41.5 Å². The van der Waals surface area contributed by atoms with Gasteiger partial charge in [0.05, 0.1) is 0 Å². The van der Waals surface area contributed by atoms with Crippen LogP contribution in [0.1, 0.15) is 102 Å². The summed E-state index contributed by atoms with van der Waals surface area (Å²) in [5.74, 6) is 0.606. The molecule has 1 aliphatic rings. The van der Waals surface area contributed by atoms with Gasteiger partial charge in [-0.3, -0.25) is 9.59 Å². The highest BCUT2D eigenvalue weighted by atomic mass is 16.2. The molecule has 34 heavy (non-hydrogen) atoms. The van der Waals surface area contributed by atoms with Crippen LogP contribution in [0.4, 0.5) is 0 Å². The molecule has 2 aromatic rings. The topological polar surface area (TPSA) is 58.2 Å². The van der Waals surface area contributed by atoms with Crippen molar-refractivity contribution >= 4 is 11.8 Å². The van der Waals surface area contributed by atoms with Gasteiger partial charge >= 0.3 is 0 Å². The Labute approximate surface area is 205 Å². The van der Waals surface area contributed by atoms with E-state index in [0.29, 0.717) is 0 Å². The van der Waals surface area contributed by atoms with Crippen molar-refractivity contribution in [1.29, 1.82) is 0 Å². The normalized spacial score (nSPS) is 19.4. The molecule has 0 saturated heterocycles. The SMILES string of the molecule is CC(CC1c2ccccc2C(CC(C)NC(=O)C(C)(C)C)c2ccccc21)NC(=O)C(C)(C)C. The quantitative estimate of drug-likeness (QED) is 0.541. The van der Waals surface area contributed by atoms with Crippen molar-refractivity contribution in [3.8, 4) is 0 Å². The van der Waals surface area contributed by atoms with Gasteiger partial charge in [0.2, 0.25) is 11.8 Å². The van der Waals surface area contributed by atoms with Crippen LogP contribution in [0.3, 0.4) is 0 Å². The number of nitrogens with one attached hydrogen (secondary N) is 2. The summed E-state index contributed by atoms with van der Waals surface area (Å²) in [7, 11) is 0. The summed E-state index contributed by atoms with van der Waals surface area (Å²) in [5.41, 5.74) is 4.51. The van der Waals surface area contributed by atoms with Crippen LogP contribution < -0.4 is 10.6 Å². The molecule has 2 amide bonds. The van der Waals surface area contributed by atoms with Crippen LogP contribution in [0.2, 0.25) is 0 Å². The molecule has 0 spiro atoms. The highest BCUT2D eigenvalue weighted by molar-refractivity contribution is 5.82. The van der Waals surface area contributed by atoms with Gasteiger partial charge in [0.1, 0.15) is 0 Å². The zero-order chi connectivity index (χ0) is 25.3. The van der Waals surface area contributed by atoms with E-state index in [9.17, 15) is 9.59 Å². The molecular formula is C30H42N2O2. The molecule has 0 fully saturated rings. The summed E-state index contributed by atoms with van der Waals surface area (Å²) in [6.45, 7) is 15.9. The minimum atomic E-state index is -0.407. The second-order valence-electron chi connectivity index (χ2n) is 12.1. The van der Waals surface area contributed by atoms with E-state index in [0.717, 1.165) is 12.8 Å². The van der Waals surface area contributed by atoms with Crippen molar-refractivity contribution in [3.05, 3.63) is 70.8 Å². The standard InChI is InChI=1S/C30H42N2O2/c1-19(31-27(33)29(3,4)5)17-25-21-13-9-11-15-23(21)26(24-16-12-10-14-22(24)25)18-20(2)32-28(34)30(6,7)8/h9-16,19-20,25-26H,17-18H2,1-8H3,(H,31,33)(H,32,34). The fourth-order valence-corrected chi connectivity index (χ4v) is 4.84. The Morgan fingerprint density at radius 2 is 0.912 bits per heavy atom. The summed E-state index contributed by atoms with van der Waals surface area (Å²) in [4.78, 5) is 25.2. The van der Waals surface area contributed by atoms with Crippen LogP contribution in [0.5, 0.6) is 0 Å². The molecule has 0 bridgehead atoms. The number of fused-ring (bicyclic) bond motifs is 2. The summed E-state index contributed by atoms with van der Waals surface area (Å²) < 4.78 is 0. The number of benzene rings is 2. The van der Waals surface area contributed by atoms with Crippen LogP contribution in [-0.4, -0.2) is 23.9 Å². The second kappa shape index (κ2) is 9.93. The van der Waals surface area contributed by atoms with Gasteiger partial charge in [-0.25, -0.2) is 0 Å². The van der Waals surface area contributed by atoms with E-state index in [1.165, 1.54) is 22.3 Å².